The smallest absolute Gasteiger partial charge is 0.349 e. The van der Waals surface area contributed by atoms with Gasteiger partial charge in [-0.3, -0.25) is 10.1 Å². The SMILES string of the molecule is Cc1cc(OCC(=O)Oc2ccc3c(c2)OC(N)=C(C#N)C3c2ccc([N+](=O)[O-])cc2)ccc1Cl. The van der Waals surface area contributed by atoms with Crippen LogP contribution in [-0.2, 0) is 4.79 Å². The lowest BCUT2D eigenvalue weighted by atomic mass is 9.83. The van der Waals surface area contributed by atoms with Gasteiger partial charge in [0.1, 0.15) is 28.9 Å². The zero-order valence-corrected chi connectivity index (χ0v) is 19.1. The molecular weight excluding hydrogens is 474 g/mol. The minimum atomic E-state index is -0.637. The van der Waals surface area contributed by atoms with E-state index in [1.54, 1.807) is 42.5 Å². The summed E-state index contributed by atoms with van der Waals surface area (Å²) < 4.78 is 16.4. The summed E-state index contributed by atoms with van der Waals surface area (Å²) in [5.74, 6) is -0.379. The number of nitrogens with zero attached hydrogens (tertiary/aromatic N) is 2. The van der Waals surface area contributed by atoms with Crippen LogP contribution < -0.4 is 19.9 Å². The van der Waals surface area contributed by atoms with Crippen molar-refractivity contribution in [1.29, 1.82) is 5.26 Å². The third-order valence-corrected chi connectivity index (χ3v) is 5.77. The molecule has 4 rings (SSSR count). The second-order valence-electron chi connectivity index (χ2n) is 7.65. The summed E-state index contributed by atoms with van der Waals surface area (Å²) in [4.78, 5) is 22.8. The number of ether oxygens (including phenoxy) is 3. The average Bonchev–Trinajstić information content (AvgIpc) is 2.84. The molecule has 0 bridgehead atoms. The van der Waals surface area contributed by atoms with Crippen molar-refractivity contribution in [2.24, 2.45) is 5.73 Å². The number of aryl methyl sites for hydroxylation is 1. The maximum Gasteiger partial charge on any atom is 0.349 e. The van der Waals surface area contributed by atoms with Crippen LogP contribution in [0.4, 0.5) is 5.69 Å². The van der Waals surface area contributed by atoms with E-state index in [9.17, 15) is 20.2 Å². The third kappa shape index (κ3) is 5.03. The molecule has 35 heavy (non-hydrogen) atoms. The lowest BCUT2D eigenvalue weighted by Gasteiger charge is -2.26. The number of fused-ring (bicyclic) bond motifs is 1. The Morgan fingerprint density at radius 2 is 1.89 bits per heavy atom. The zero-order valence-electron chi connectivity index (χ0n) is 18.4. The monoisotopic (exact) mass is 491 g/mol. The number of non-ortho nitro benzene ring substituents is 1. The first-order chi connectivity index (χ1) is 16.8. The summed E-state index contributed by atoms with van der Waals surface area (Å²) in [5, 5.41) is 21.2. The maximum atomic E-state index is 12.3. The summed E-state index contributed by atoms with van der Waals surface area (Å²) >= 11 is 5.99. The van der Waals surface area contributed by atoms with Crippen molar-refractivity contribution in [2.75, 3.05) is 6.61 Å². The van der Waals surface area contributed by atoms with Gasteiger partial charge in [0.25, 0.3) is 5.69 Å². The third-order valence-electron chi connectivity index (χ3n) is 5.35. The molecule has 9 nitrogen and oxygen atoms in total. The van der Waals surface area contributed by atoms with Crippen LogP contribution in [0, 0.1) is 28.4 Å². The van der Waals surface area contributed by atoms with Crippen molar-refractivity contribution < 1.29 is 23.9 Å². The van der Waals surface area contributed by atoms with Gasteiger partial charge in [-0.25, -0.2) is 4.79 Å². The molecule has 0 aromatic heterocycles. The summed E-state index contributed by atoms with van der Waals surface area (Å²) in [6.07, 6.45) is 0. The predicted octanol–water partition coefficient (Wildman–Crippen LogP) is 4.76. The highest BCUT2D eigenvalue weighted by atomic mass is 35.5. The Morgan fingerprint density at radius 3 is 2.54 bits per heavy atom. The van der Waals surface area contributed by atoms with Crippen LogP contribution >= 0.6 is 11.6 Å². The van der Waals surface area contributed by atoms with Gasteiger partial charge < -0.3 is 19.9 Å². The first kappa shape index (κ1) is 23.6. The summed E-state index contributed by atoms with van der Waals surface area (Å²) in [6.45, 7) is 1.49. The molecule has 0 amide bonds. The van der Waals surface area contributed by atoms with Crippen LogP contribution in [0.2, 0.25) is 5.02 Å². The Kier molecular flexibility index (Phi) is 6.57. The highest BCUT2D eigenvalue weighted by molar-refractivity contribution is 6.31. The van der Waals surface area contributed by atoms with Gasteiger partial charge in [-0.2, -0.15) is 5.26 Å². The molecule has 3 aromatic rings. The first-order valence-corrected chi connectivity index (χ1v) is 10.7. The number of benzene rings is 3. The van der Waals surface area contributed by atoms with Gasteiger partial charge in [-0.05, 0) is 42.3 Å². The van der Waals surface area contributed by atoms with Crippen LogP contribution in [0.15, 0.2) is 72.1 Å². The molecule has 1 atom stereocenters. The summed E-state index contributed by atoms with van der Waals surface area (Å²) in [6, 6.07) is 17.6. The summed E-state index contributed by atoms with van der Waals surface area (Å²) in [5.41, 5.74) is 8.11. The number of halogens is 1. The van der Waals surface area contributed by atoms with Crippen LogP contribution in [0.3, 0.4) is 0 Å². The highest BCUT2D eigenvalue weighted by Gasteiger charge is 2.31. The van der Waals surface area contributed by atoms with E-state index in [4.69, 9.17) is 31.5 Å². The van der Waals surface area contributed by atoms with E-state index >= 15 is 0 Å². The first-order valence-electron chi connectivity index (χ1n) is 10.3. The van der Waals surface area contributed by atoms with Gasteiger partial charge in [-0.1, -0.05) is 29.8 Å². The largest absolute Gasteiger partial charge is 0.482 e. The minimum absolute atomic E-state index is 0.0743. The number of esters is 1. The van der Waals surface area contributed by atoms with Gasteiger partial charge in [-0.15, -0.1) is 0 Å². The Balaban J connectivity index is 1.54. The molecule has 0 spiro atoms. The fourth-order valence-corrected chi connectivity index (χ4v) is 3.76. The second kappa shape index (κ2) is 9.75. The number of nitrogens with two attached hydrogens (primary N) is 1. The van der Waals surface area contributed by atoms with Crippen LogP contribution in [-0.4, -0.2) is 17.5 Å². The number of nitro groups is 1. The summed E-state index contributed by atoms with van der Waals surface area (Å²) in [7, 11) is 0. The van der Waals surface area contributed by atoms with Crippen LogP contribution in [0.1, 0.15) is 22.6 Å². The Labute approximate surface area is 205 Å². The van der Waals surface area contributed by atoms with Gasteiger partial charge in [0.15, 0.2) is 6.61 Å². The molecule has 0 fully saturated rings. The van der Waals surface area contributed by atoms with Gasteiger partial charge in [0.05, 0.1) is 10.8 Å². The lowest BCUT2D eigenvalue weighted by Crippen LogP contribution is -2.21. The highest BCUT2D eigenvalue weighted by Crippen LogP contribution is 2.43. The topological polar surface area (TPSA) is 138 Å². The van der Waals surface area contributed by atoms with E-state index in [0.717, 1.165) is 5.56 Å². The second-order valence-corrected chi connectivity index (χ2v) is 8.05. The number of rotatable bonds is 6. The fraction of sp³-hybridized carbons (Fsp3) is 0.120. The van der Waals surface area contributed by atoms with Crippen molar-refractivity contribution in [1.82, 2.24) is 0 Å². The lowest BCUT2D eigenvalue weighted by molar-refractivity contribution is -0.384. The van der Waals surface area contributed by atoms with Crippen LogP contribution in [0.5, 0.6) is 17.2 Å². The minimum Gasteiger partial charge on any atom is -0.482 e. The Morgan fingerprint density at radius 1 is 1.17 bits per heavy atom. The molecule has 3 aromatic carbocycles. The van der Waals surface area contributed by atoms with Crippen molar-refractivity contribution in [3.8, 4) is 23.3 Å². The van der Waals surface area contributed by atoms with Crippen molar-refractivity contribution >= 4 is 23.3 Å². The molecule has 2 N–H and O–H groups in total. The molecule has 0 saturated carbocycles. The zero-order chi connectivity index (χ0) is 25.1. The Hall–Kier alpha value is -4.55. The molecule has 0 aliphatic carbocycles. The number of carbonyl (C=O) groups is 1. The predicted molar refractivity (Wildman–Crippen MR) is 126 cm³/mol. The van der Waals surface area contributed by atoms with E-state index in [1.165, 1.54) is 18.2 Å². The fourth-order valence-electron chi connectivity index (χ4n) is 3.64. The number of nitriles is 1. The quantitative estimate of drug-likeness (QED) is 0.225. The molecule has 176 valence electrons. The number of carbonyl (C=O) groups excluding carboxylic acids is 1. The molecule has 1 unspecified atom stereocenters. The van der Waals surface area contributed by atoms with E-state index in [1.807, 2.05) is 6.92 Å². The van der Waals surface area contributed by atoms with E-state index in [-0.39, 0.29) is 29.5 Å². The van der Waals surface area contributed by atoms with E-state index < -0.39 is 16.8 Å². The van der Waals surface area contributed by atoms with Crippen molar-refractivity contribution in [3.63, 3.8) is 0 Å². The molecule has 0 saturated heterocycles. The molecule has 1 aliphatic rings. The average molecular weight is 492 g/mol. The molecular formula is C25H18ClN3O6. The standard InChI is InChI=1S/C25H18ClN3O6/c1-14-10-17(7-9-21(14)26)33-13-23(30)34-18-6-8-19-22(11-18)35-25(28)20(12-27)24(19)15-2-4-16(5-3-15)29(31)32/h2-11,24H,13,28H2,1H3. The maximum absolute atomic E-state index is 12.3. The van der Waals surface area contributed by atoms with E-state index in [2.05, 4.69) is 6.07 Å². The van der Waals surface area contributed by atoms with E-state index in [0.29, 0.717) is 27.6 Å². The van der Waals surface area contributed by atoms with Crippen molar-refractivity contribution in [2.45, 2.75) is 12.8 Å². The molecule has 1 aliphatic heterocycles. The molecule has 10 heteroatoms. The van der Waals surface area contributed by atoms with Gasteiger partial charge in [0.2, 0.25) is 5.88 Å². The molecule has 1 heterocycles. The number of allylic oxidation sites excluding steroid dienone is 1. The van der Waals surface area contributed by atoms with Crippen LogP contribution in [0.25, 0.3) is 0 Å². The number of hydrogen-bond donors (Lipinski definition) is 1. The number of hydrogen-bond acceptors (Lipinski definition) is 8. The van der Waals surface area contributed by atoms with Gasteiger partial charge in [0, 0.05) is 28.8 Å². The molecule has 0 radical (unpaired) electrons. The number of nitro benzene ring substituents is 1. The van der Waals surface area contributed by atoms with Crippen molar-refractivity contribution in [3.05, 3.63) is 104 Å². The van der Waals surface area contributed by atoms with Gasteiger partial charge >= 0.3 is 5.97 Å². The Bertz CT molecular complexity index is 1400. The normalized spacial score (nSPS) is 14.4.